The Hall–Kier alpha value is -2.67. The maximum Gasteiger partial charge on any atom is 0.349 e. The number of hydrogen-bond acceptors (Lipinski definition) is 4. The fourth-order valence-electron chi connectivity index (χ4n) is 2.06. The van der Waals surface area contributed by atoms with Gasteiger partial charge in [0.25, 0.3) is 0 Å². The number of H-pyrrole nitrogens is 2. The standard InChI is InChI=1S/C12H7ClN6O/c13-7-3-1-6(2-4-7)9-15-11-8-5-14-17-10(8)16-12(20)19(11)18-9/h1-5H,(H2,14,16,17,20). The van der Waals surface area contributed by atoms with Crippen molar-refractivity contribution in [3.63, 3.8) is 0 Å². The minimum absolute atomic E-state index is 0.371. The van der Waals surface area contributed by atoms with E-state index in [4.69, 9.17) is 11.6 Å². The summed E-state index contributed by atoms with van der Waals surface area (Å²) in [5.41, 5.74) is 1.40. The zero-order valence-electron chi connectivity index (χ0n) is 9.96. The molecule has 0 atom stereocenters. The first kappa shape index (κ1) is 11.2. The molecule has 20 heavy (non-hydrogen) atoms. The third-order valence-corrected chi connectivity index (χ3v) is 3.27. The van der Waals surface area contributed by atoms with Gasteiger partial charge in [-0.2, -0.15) is 9.61 Å². The number of benzene rings is 1. The van der Waals surface area contributed by atoms with Crippen LogP contribution in [0, 0.1) is 0 Å². The van der Waals surface area contributed by atoms with Crippen molar-refractivity contribution in [1.29, 1.82) is 0 Å². The summed E-state index contributed by atoms with van der Waals surface area (Å²) in [7, 11) is 0. The summed E-state index contributed by atoms with van der Waals surface area (Å²) in [5.74, 6) is 0.459. The average Bonchev–Trinajstić information content (AvgIpc) is 3.05. The summed E-state index contributed by atoms with van der Waals surface area (Å²) < 4.78 is 1.22. The number of aromatic nitrogens is 6. The Kier molecular flexibility index (Phi) is 2.19. The first-order valence-electron chi connectivity index (χ1n) is 5.80. The maximum atomic E-state index is 11.9. The second kappa shape index (κ2) is 3.91. The molecule has 0 radical (unpaired) electrons. The molecular weight excluding hydrogens is 280 g/mol. The van der Waals surface area contributed by atoms with Gasteiger partial charge in [0.2, 0.25) is 0 Å². The van der Waals surface area contributed by atoms with Gasteiger partial charge in [-0.15, -0.1) is 5.10 Å². The molecule has 3 aromatic heterocycles. The van der Waals surface area contributed by atoms with Crippen LogP contribution in [0.1, 0.15) is 0 Å². The number of rotatable bonds is 1. The van der Waals surface area contributed by atoms with Gasteiger partial charge in [0.05, 0.1) is 11.6 Å². The molecule has 2 N–H and O–H groups in total. The summed E-state index contributed by atoms with van der Waals surface area (Å²) in [5, 5.41) is 12.2. The third-order valence-electron chi connectivity index (χ3n) is 3.01. The van der Waals surface area contributed by atoms with E-state index in [-0.39, 0.29) is 5.69 Å². The van der Waals surface area contributed by atoms with Crippen molar-refractivity contribution in [3.05, 3.63) is 46.0 Å². The number of nitrogens with zero attached hydrogens (tertiary/aromatic N) is 4. The van der Waals surface area contributed by atoms with Crippen LogP contribution in [-0.4, -0.2) is 29.8 Å². The molecule has 0 aliphatic heterocycles. The number of aromatic amines is 2. The minimum atomic E-state index is -0.371. The Morgan fingerprint density at radius 2 is 2.00 bits per heavy atom. The van der Waals surface area contributed by atoms with Gasteiger partial charge in [-0.1, -0.05) is 11.6 Å². The average molecular weight is 287 g/mol. The smallest absolute Gasteiger partial charge is 0.290 e. The Balaban J connectivity index is 2.05. The van der Waals surface area contributed by atoms with Gasteiger partial charge in [0, 0.05) is 10.6 Å². The van der Waals surface area contributed by atoms with Crippen LogP contribution in [0.5, 0.6) is 0 Å². The van der Waals surface area contributed by atoms with Crippen LogP contribution in [0.3, 0.4) is 0 Å². The molecule has 8 heteroatoms. The lowest BCUT2D eigenvalue weighted by atomic mass is 10.2. The number of fused-ring (bicyclic) bond motifs is 3. The molecule has 0 aliphatic rings. The normalized spacial score (nSPS) is 11.4. The molecule has 0 spiro atoms. The molecule has 7 nitrogen and oxygen atoms in total. The topological polar surface area (TPSA) is 91.7 Å². The van der Waals surface area contributed by atoms with Gasteiger partial charge >= 0.3 is 5.69 Å². The van der Waals surface area contributed by atoms with E-state index in [9.17, 15) is 4.79 Å². The third kappa shape index (κ3) is 1.53. The molecule has 0 unspecified atom stereocenters. The fraction of sp³-hybridized carbons (Fsp3) is 0. The van der Waals surface area contributed by atoms with Crippen LogP contribution >= 0.6 is 11.6 Å². The van der Waals surface area contributed by atoms with Crippen molar-refractivity contribution in [2.75, 3.05) is 0 Å². The summed E-state index contributed by atoms with van der Waals surface area (Å²) in [6.07, 6.45) is 1.60. The minimum Gasteiger partial charge on any atom is -0.290 e. The van der Waals surface area contributed by atoms with E-state index in [0.717, 1.165) is 5.56 Å². The van der Waals surface area contributed by atoms with Crippen molar-refractivity contribution in [2.45, 2.75) is 0 Å². The van der Waals surface area contributed by atoms with Crippen molar-refractivity contribution in [3.8, 4) is 11.4 Å². The summed E-state index contributed by atoms with van der Waals surface area (Å²) in [4.78, 5) is 19.0. The molecule has 98 valence electrons. The highest BCUT2D eigenvalue weighted by Crippen LogP contribution is 2.20. The van der Waals surface area contributed by atoms with Gasteiger partial charge in [0.15, 0.2) is 11.5 Å². The Labute approximate surface area is 116 Å². The molecule has 4 rings (SSSR count). The van der Waals surface area contributed by atoms with Gasteiger partial charge in [0.1, 0.15) is 5.65 Å². The predicted octanol–water partition coefficient (Wildman–Crippen LogP) is 1.61. The summed E-state index contributed by atoms with van der Waals surface area (Å²) >= 11 is 5.85. The molecule has 3 heterocycles. The van der Waals surface area contributed by atoms with E-state index in [1.54, 1.807) is 30.5 Å². The highest BCUT2D eigenvalue weighted by Gasteiger charge is 2.13. The molecular formula is C12H7ClN6O. The van der Waals surface area contributed by atoms with Crippen LogP contribution < -0.4 is 5.69 Å². The highest BCUT2D eigenvalue weighted by atomic mass is 35.5. The maximum absolute atomic E-state index is 11.9. The van der Waals surface area contributed by atoms with Gasteiger partial charge in [-0.25, -0.2) is 9.78 Å². The van der Waals surface area contributed by atoms with Gasteiger partial charge in [-0.05, 0) is 24.3 Å². The molecule has 0 bridgehead atoms. The molecule has 0 saturated carbocycles. The fourth-order valence-corrected chi connectivity index (χ4v) is 2.19. The van der Waals surface area contributed by atoms with Crippen LogP contribution in [-0.2, 0) is 0 Å². The lowest BCUT2D eigenvalue weighted by Crippen LogP contribution is -2.17. The summed E-state index contributed by atoms with van der Waals surface area (Å²) in [6.45, 7) is 0. The molecule has 0 fully saturated rings. The molecule has 4 aromatic rings. The lowest BCUT2D eigenvalue weighted by Gasteiger charge is -1.93. The van der Waals surface area contributed by atoms with Gasteiger partial charge < -0.3 is 0 Å². The lowest BCUT2D eigenvalue weighted by molar-refractivity contribution is 0.881. The predicted molar refractivity (Wildman–Crippen MR) is 73.7 cm³/mol. The van der Waals surface area contributed by atoms with Crippen molar-refractivity contribution in [1.82, 2.24) is 29.8 Å². The van der Waals surface area contributed by atoms with Crippen LogP contribution in [0.15, 0.2) is 35.3 Å². The van der Waals surface area contributed by atoms with Gasteiger partial charge in [-0.3, -0.25) is 10.1 Å². The van der Waals surface area contributed by atoms with E-state index >= 15 is 0 Å². The monoisotopic (exact) mass is 286 g/mol. The number of hydrogen-bond donors (Lipinski definition) is 2. The van der Waals surface area contributed by atoms with E-state index < -0.39 is 0 Å². The zero-order valence-corrected chi connectivity index (χ0v) is 10.7. The van der Waals surface area contributed by atoms with Crippen molar-refractivity contribution < 1.29 is 0 Å². The van der Waals surface area contributed by atoms with Crippen molar-refractivity contribution >= 4 is 28.3 Å². The summed E-state index contributed by atoms with van der Waals surface area (Å²) in [6, 6.07) is 7.11. The number of nitrogens with one attached hydrogen (secondary N) is 2. The van der Waals surface area contributed by atoms with E-state index in [2.05, 4.69) is 25.3 Å². The first-order chi connectivity index (χ1) is 9.72. The molecule has 0 amide bonds. The van der Waals surface area contributed by atoms with Crippen LogP contribution in [0.2, 0.25) is 5.02 Å². The Bertz CT molecular complexity index is 981. The second-order valence-corrected chi connectivity index (χ2v) is 4.70. The second-order valence-electron chi connectivity index (χ2n) is 4.27. The quantitative estimate of drug-likeness (QED) is 0.556. The van der Waals surface area contributed by atoms with E-state index in [1.165, 1.54) is 4.52 Å². The van der Waals surface area contributed by atoms with E-state index in [0.29, 0.717) is 27.5 Å². The van der Waals surface area contributed by atoms with E-state index in [1.807, 2.05) is 0 Å². The molecule has 1 aromatic carbocycles. The highest BCUT2D eigenvalue weighted by molar-refractivity contribution is 6.30. The van der Waals surface area contributed by atoms with Crippen LogP contribution in [0.4, 0.5) is 0 Å². The van der Waals surface area contributed by atoms with Crippen LogP contribution in [0.25, 0.3) is 28.1 Å². The zero-order chi connectivity index (χ0) is 13.7. The SMILES string of the molecule is O=c1[nH]c2[nH]ncc2c2nc(-c3ccc(Cl)cc3)nn12. The molecule has 0 aliphatic carbocycles. The Morgan fingerprint density at radius 3 is 2.80 bits per heavy atom. The first-order valence-corrected chi connectivity index (χ1v) is 6.18. The number of halogens is 1. The largest absolute Gasteiger partial charge is 0.349 e. The molecule has 0 saturated heterocycles. The Morgan fingerprint density at radius 1 is 1.20 bits per heavy atom. The van der Waals surface area contributed by atoms with Crippen molar-refractivity contribution in [2.24, 2.45) is 0 Å².